The Labute approximate surface area is 214 Å². The van der Waals surface area contributed by atoms with Crippen LogP contribution >= 0.6 is 0 Å². The van der Waals surface area contributed by atoms with Crippen LogP contribution in [-0.4, -0.2) is 46.2 Å². The number of hydrogen-bond acceptors (Lipinski definition) is 7. The van der Waals surface area contributed by atoms with E-state index in [0.717, 1.165) is 62.4 Å². The Morgan fingerprint density at radius 1 is 1.14 bits per heavy atom. The fourth-order valence-corrected chi connectivity index (χ4v) is 4.23. The first-order valence-electron chi connectivity index (χ1n) is 12.9. The van der Waals surface area contributed by atoms with E-state index >= 15 is 0 Å². The van der Waals surface area contributed by atoms with Crippen molar-refractivity contribution in [2.24, 2.45) is 32.5 Å². The van der Waals surface area contributed by atoms with Crippen LogP contribution in [0.3, 0.4) is 0 Å². The number of esters is 1. The van der Waals surface area contributed by atoms with Gasteiger partial charge in [-0.05, 0) is 38.5 Å². The first kappa shape index (κ1) is 29.1. The molecule has 3 aliphatic rings. The molecule has 0 aromatic carbocycles. The lowest BCUT2D eigenvalue weighted by atomic mass is 9.73. The van der Waals surface area contributed by atoms with Crippen LogP contribution < -0.4 is 5.84 Å². The minimum Gasteiger partial charge on any atom is -0.456 e. The third kappa shape index (κ3) is 7.93. The Kier molecular flexibility index (Phi) is 11.6. The second-order valence-electron chi connectivity index (χ2n) is 9.69. The summed E-state index contributed by atoms with van der Waals surface area (Å²) in [5.41, 5.74) is 2.21. The van der Waals surface area contributed by atoms with Crippen molar-refractivity contribution in [3.8, 4) is 0 Å². The number of aliphatic imine (C=N–C) groups is 1. The number of nitrogens with zero attached hydrogens (tertiary/aromatic N) is 6. The number of carbonyl (C=O) groups is 2. The van der Waals surface area contributed by atoms with Crippen LogP contribution in [0.4, 0.5) is 5.82 Å². The molecule has 2 aliphatic heterocycles. The van der Waals surface area contributed by atoms with Gasteiger partial charge in [-0.15, -0.1) is 5.11 Å². The lowest BCUT2D eigenvalue weighted by Crippen LogP contribution is -2.36. The Balaban J connectivity index is 0.000000223. The fourth-order valence-electron chi connectivity index (χ4n) is 4.23. The zero-order valence-electron chi connectivity index (χ0n) is 22.4. The maximum Gasteiger partial charge on any atom is 0.336 e. The first-order valence-corrected chi connectivity index (χ1v) is 12.9. The molecule has 0 radical (unpaired) electrons. The molecule has 36 heavy (non-hydrogen) atoms. The van der Waals surface area contributed by atoms with Crippen molar-refractivity contribution in [2.75, 3.05) is 13.2 Å². The molecule has 2 fully saturated rings. The molecule has 1 aromatic rings. The number of nitrogens with two attached hydrogens (primary N) is 1. The van der Waals surface area contributed by atoms with Crippen LogP contribution in [0.5, 0.6) is 0 Å². The molecule has 1 amide bonds. The van der Waals surface area contributed by atoms with Crippen molar-refractivity contribution in [1.82, 2.24) is 14.9 Å². The second kappa shape index (κ2) is 14.4. The van der Waals surface area contributed by atoms with E-state index in [2.05, 4.69) is 46.1 Å². The van der Waals surface area contributed by atoms with Gasteiger partial charge in [-0.1, -0.05) is 58.6 Å². The third-order valence-electron chi connectivity index (χ3n) is 6.91. The largest absolute Gasteiger partial charge is 0.456 e. The SMILES string of the molecule is CC1=C(N2CCC3(CCCCC3)C2=O)COC1=O.CCC(C)C.CCc1cnc(N=CN=NN)cn1. The van der Waals surface area contributed by atoms with Crippen molar-refractivity contribution in [1.29, 1.82) is 0 Å². The van der Waals surface area contributed by atoms with Crippen molar-refractivity contribution in [3.05, 3.63) is 29.4 Å². The minimum absolute atomic E-state index is 0.128. The highest BCUT2D eigenvalue weighted by Crippen LogP contribution is 2.46. The summed E-state index contributed by atoms with van der Waals surface area (Å²) >= 11 is 0. The molecular weight excluding hydrogens is 458 g/mol. The predicted octanol–water partition coefficient (Wildman–Crippen LogP) is 5.08. The third-order valence-corrected chi connectivity index (χ3v) is 6.91. The number of ether oxygens (including phenoxy) is 1. The number of aryl methyl sites for hydroxylation is 1. The zero-order chi connectivity index (χ0) is 26.6. The molecule has 0 bridgehead atoms. The number of aromatic nitrogens is 2. The van der Waals surface area contributed by atoms with Gasteiger partial charge in [0, 0.05) is 6.54 Å². The highest BCUT2D eigenvalue weighted by Gasteiger charge is 2.48. The van der Waals surface area contributed by atoms with E-state index in [-0.39, 0.29) is 23.9 Å². The summed E-state index contributed by atoms with van der Waals surface area (Å²) in [4.78, 5) is 37.8. The molecule has 10 heteroatoms. The Morgan fingerprint density at radius 3 is 2.33 bits per heavy atom. The van der Waals surface area contributed by atoms with E-state index in [1.54, 1.807) is 19.3 Å². The van der Waals surface area contributed by atoms with Crippen molar-refractivity contribution in [3.63, 3.8) is 0 Å². The Hall–Kier alpha value is -3.17. The average molecular weight is 500 g/mol. The molecule has 10 nitrogen and oxygen atoms in total. The van der Waals surface area contributed by atoms with Crippen LogP contribution in [0.1, 0.15) is 85.3 Å². The monoisotopic (exact) mass is 499 g/mol. The number of hydrogen-bond donors (Lipinski definition) is 1. The molecule has 1 aromatic heterocycles. The maximum absolute atomic E-state index is 12.6. The molecule has 1 saturated carbocycles. The molecule has 1 spiro atoms. The van der Waals surface area contributed by atoms with E-state index in [0.29, 0.717) is 11.4 Å². The van der Waals surface area contributed by atoms with Gasteiger partial charge in [0.25, 0.3) is 0 Å². The smallest absolute Gasteiger partial charge is 0.336 e. The lowest BCUT2D eigenvalue weighted by Gasteiger charge is -2.31. The molecule has 0 unspecified atom stereocenters. The summed E-state index contributed by atoms with van der Waals surface area (Å²) in [7, 11) is 0. The number of amides is 1. The van der Waals surface area contributed by atoms with Gasteiger partial charge >= 0.3 is 5.97 Å². The van der Waals surface area contributed by atoms with Gasteiger partial charge in [-0.3, -0.25) is 9.78 Å². The zero-order valence-corrected chi connectivity index (χ0v) is 22.4. The van der Waals surface area contributed by atoms with E-state index in [1.165, 1.54) is 19.2 Å². The Morgan fingerprint density at radius 2 is 1.83 bits per heavy atom. The van der Waals surface area contributed by atoms with Crippen molar-refractivity contribution in [2.45, 2.75) is 86.0 Å². The molecule has 1 aliphatic carbocycles. The quantitative estimate of drug-likeness (QED) is 0.150. The normalized spacial score (nSPS) is 19.1. The van der Waals surface area contributed by atoms with Crippen LogP contribution in [0.2, 0.25) is 0 Å². The number of cyclic esters (lactones) is 1. The van der Waals surface area contributed by atoms with E-state index < -0.39 is 0 Å². The first-order chi connectivity index (χ1) is 17.3. The average Bonchev–Trinajstić information content (AvgIpc) is 3.39. The minimum atomic E-state index is -0.276. The molecule has 0 atom stereocenters. The van der Waals surface area contributed by atoms with E-state index in [1.807, 2.05) is 11.8 Å². The van der Waals surface area contributed by atoms with Gasteiger partial charge in [-0.2, -0.15) is 0 Å². The standard InChI is InChI=1S/C14H19NO3.C7H10N6.C5H12/c1-10-11(9-18-12(10)16)15-8-7-14(13(15)17)5-3-2-4-6-14;1-2-6-3-10-7(4-9-6)11-5-12-13-8;1-4-5(2)3/h2-9H2,1H3;3-5H,2H2,1H3,(H2,8,10,11,12);5H,4H2,1-3H3. The number of carbonyl (C=O) groups excluding carboxylic acids is 2. The van der Waals surface area contributed by atoms with Gasteiger partial charge in [0.05, 0.1) is 34.8 Å². The summed E-state index contributed by atoms with van der Waals surface area (Å²) in [6.07, 6.45) is 13.2. The van der Waals surface area contributed by atoms with Gasteiger partial charge in [-0.25, -0.2) is 14.8 Å². The van der Waals surface area contributed by atoms with Gasteiger partial charge in [0.15, 0.2) is 5.82 Å². The van der Waals surface area contributed by atoms with E-state index in [4.69, 9.17) is 10.6 Å². The number of rotatable bonds is 5. The fraction of sp³-hybridized carbons (Fsp3) is 0.654. The molecule has 3 heterocycles. The number of likely N-dealkylation sites (tertiary alicyclic amines) is 1. The van der Waals surface area contributed by atoms with Gasteiger partial charge < -0.3 is 15.5 Å². The molecular formula is C26H41N7O3. The van der Waals surface area contributed by atoms with Gasteiger partial charge in [0.1, 0.15) is 12.9 Å². The summed E-state index contributed by atoms with van der Waals surface area (Å²) in [5, 5.41) is 6.36. The molecule has 2 N–H and O–H groups in total. The summed E-state index contributed by atoms with van der Waals surface area (Å²) in [5.74, 6) is 6.10. The maximum atomic E-state index is 12.6. The molecule has 198 valence electrons. The highest BCUT2D eigenvalue weighted by atomic mass is 16.5. The topological polar surface area (TPSA) is 135 Å². The molecule has 4 rings (SSSR count). The predicted molar refractivity (Wildman–Crippen MR) is 139 cm³/mol. The Bertz CT molecular complexity index is 949. The molecule has 1 saturated heterocycles. The second-order valence-corrected chi connectivity index (χ2v) is 9.69. The van der Waals surface area contributed by atoms with Crippen LogP contribution in [0, 0.1) is 11.3 Å². The summed E-state index contributed by atoms with van der Waals surface area (Å²) in [6, 6.07) is 0. The van der Waals surface area contributed by atoms with Crippen LogP contribution in [-0.2, 0) is 20.7 Å². The van der Waals surface area contributed by atoms with Crippen molar-refractivity contribution < 1.29 is 14.3 Å². The van der Waals surface area contributed by atoms with Crippen LogP contribution in [0.15, 0.2) is 39.0 Å². The van der Waals surface area contributed by atoms with Gasteiger partial charge in [0.2, 0.25) is 5.91 Å². The summed E-state index contributed by atoms with van der Waals surface area (Å²) < 4.78 is 5.01. The lowest BCUT2D eigenvalue weighted by molar-refractivity contribution is -0.138. The highest BCUT2D eigenvalue weighted by molar-refractivity contribution is 5.94. The summed E-state index contributed by atoms with van der Waals surface area (Å²) in [6.45, 7) is 11.4. The van der Waals surface area contributed by atoms with Crippen LogP contribution in [0.25, 0.3) is 0 Å². The van der Waals surface area contributed by atoms with Crippen molar-refractivity contribution >= 4 is 24.0 Å². The van der Waals surface area contributed by atoms with E-state index in [9.17, 15) is 9.59 Å².